The van der Waals surface area contributed by atoms with Crippen LogP contribution in [-0.4, -0.2) is 29.7 Å². The van der Waals surface area contributed by atoms with Crippen LogP contribution in [0.3, 0.4) is 0 Å². The maximum absolute atomic E-state index is 12.0. The van der Waals surface area contributed by atoms with Crippen LogP contribution < -0.4 is 11.1 Å². The number of nitrogens with two attached hydrogens (primary N) is 1. The van der Waals surface area contributed by atoms with Gasteiger partial charge >= 0.3 is 6.18 Å². The smallest absolute Gasteiger partial charge is 0.361 e. The Morgan fingerprint density at radius 2 is 2.05 bits per heavy atom. The molecule has 114 valence electrons. The van der Waals surface area contributed by atoms with Gasteiger partial charge in [0.05, 0.1) is 12.5 Å². The summed E-state index contributed by atoms with van der Waals surface area (Å²) in [6, 6.07) is 6.67. The van der Waals surface area contributed by atoms with Crippen LogP contribution in [-0.2, 0) is 11.2 Å². The Morgan fingerprint density at radius 3 is 2.76 bits per heavy atom. The number of nitrogens with one attached hydrogen (secondary N) is 2. The maximum Gasteiger partial charge on any atom is 0.390 e. The quantitative estimate of drug-likeness (QED) is 0.791. The van der Waals surface area contributed by atoms with E-state index in [-0.39, 0.29) is 6.42 Å². The number of aromatic nitrogens is 1. The fraction of sp³-hybridized carbons (Fsp3) is 0.357. The van der Waals surface area contributed by atoms with E-state index in [9.17, 15) is 18.0 Å². The third kappa shape index (κ3) is 4.22. The van der Waals surface area contributed by atoms with Gasteiger partial charge in [-0.1, -0.05) is 18.2 Å². The summed E-state index contributed by atoms with van der Waals surface area (Å²) in [5.74, 6) is -0.579. The Balaban J connectivity index is 1.92. The van der Waals surface area contributed by atoms with E-state index in [0.717, 1.165) is 16.5 Å². The number of carbonyl (C=O) groups is 1. The summed E-state index contributed by atoms with van der Waals surface area (Å²) in [5, 5.41) is 3.16. The average Bonchev–Trinajstić information content (AvgIpc) is 2.80. The first-order valence-electron chi connectivity index (χ1n) is 6.52. The SMILES string of the molecule is N[C@H](Cc1c[nH]c2ccccc12)C(=O)NCCC(F)(F)F. The third-order valence-electron chi connectivity index (χ3n) is 3.16. The topological polar surface area (TPSA) is 70.9 Å². The molecule has 2 rings (SSSR count). The van der Waals surface area contributed by atoms with Crippen molar-refractivity contribution in [3.63, 3.8) is 0 Å². The number of para-hydroxylation sites is 1. The van der Waals surface area contributed by atoms with E-state index in [1.54, 1.807) is 6.20 Å². The summed E-state index contributed by atoms with van der Waals surface area (Å²) < 4.78 is 36.0. The third-order valence-corrected chi connectivity index (χ3v) is 3.16. The average molecular weight is 299 g/mol. The molecular weight excluding hydrogens is 283 g/mol. The van der Waals surface area contributed by atoms with Crippen molar-refractivity contribution in [3.05, 3.63) is 36.0 Å². The van der Waals surface area contributed by atoms with Crippen LogP contribution in [0.15, 0.2) is 30.5 Å². The molecule has 7 heteroatoms. The number of halogens is 3. The second-order valence-corrected chi connectivity index (χ2v) is 4.83. The molecule has 4 nitrogen and oxygen atoms in total. The van der Waals surface area contributed by atoms with Crippen molar-refractivity contribution in [1.29, 1.82) is 0 Å². The highest BCUT2D eigenvalue weighted by Gasteiger charge is 2.27. The molecule has 2 aromatic rings. The van der Waals surface area contributed by atoms with Crippen molar-refractivity contribution < 1.29 is 18.0 Å². The molecule has 0 spiro atoms. The Labute approximate surface area is 119 Å². The summed E-state index contributed by atoms with van der Waals surface area (Å²) in [4.78, 5) is 14.7. The lowest BCUT2D eigenvalue weighted by Gasteiger charge is -2.12. The molecule has 1 aromatic carbocycles. The Bertz CT molecular complexity index is 621. The molecule has 1 heterocycles. The second-order valence-electron chi connectivity index (χ2n) is 4.83. The number of aromatic amines is 1. The predicted molar refractivity (Wildman–Crippen MR) is 73.7 cm³/mol. The van der Waals surface area contributed by atoms with Gasteiger partial charge < -0.3 is 16.0 Å². The van der Waals surface area contributed by atoms with Gasteiger partial charge in [0, 0.05) is 23.6 Å². The van der Waals surface area contributed by atoms with E-state index in [2.05, 4.69) is 10.3 Å². The van der Waals surface area contributed by atoms with Gasteiger partial charge in [0.25, 0.3) is 0 Å². The molecule has 0 aliphatic rings. The first kappa shape index (κ1) is 15.4. The monoisotopic (exact) mass is 299 g/mol. The van der Waals surface area contributed by atoms with Crippen LogP contribution in [0.1, 0.15) is 12.0 Å². The summed E-state index contributed by atoms with van der Waals surface area (Å²) in [6.07, 6.45) is -3.32. The number of alkyl halides is 3. The maximum atomic E-state index is 12.0. The number of rotatable bonds is 5. The van der Waals surface area contributed by atoms with Crippen molar-refractivity contribution in [3.8, 4) is 0 Å². The van der Waals surface area contributed by atoms with Gasteiger partial charge in [-0.2, -0.15) is 13.2 Å². The van der Waals surface area contributed by atoms with Crippen LogP contribution in [0, 0.1) is 0 Å². The lowest BCUT2D eigenvalue weighted by Crippen LogP contribution is -2.43. The van der Waals surface area contributed by atoms with Crippen molar-refractivity contribution in [2.24, 2.45) is 5.73 Å². The molecule has 4 N–H and O–H groups in total. The number of carbonyl (C=O) groups excluding carboxylic acids is 1. The number of benzene rings is 1. The zero-order valence-corrected chi connectivity index (χ0v) is 11.2. The molecule has 0 fully saturated rings. The Kier molecular flexibility index (Phi) is 4.52. The lowest BCUT2D eigenvalue weighted by molar-refractivity contribution is -0.135. The molecule has 0 radical (unpaired) electrons. The minimum Gasteiger partial charge on any atom is -0.361 e. The summed E-state index contributed by atoms with van der Waals surface area (Å²) in [7, 11) is 0. The largest absolute Gasteiger partial charge is 0.390 e. The van der Waals surface area contributed by atoms with Gasteiger partial charge in [0.1, 0.15) is 0 Å². The van der Waals surface area contributed by atoms with E-state index < -0.39 is 31.1 Å². The van der Waals surface area contributed by atoms with Gasteiger partial charge in [0.15, 0.2) is 0 Å². The van der Waals surface area contributed by atoms with Crippen LogP contribution in [0.25, 0.3) is 10.9 Å². The molecule has 0 aliphatic heterocycles. The van der Waals surface area contributed by atoms with Crippen molar-refractivity contribution in [2.75, 3.05) is 6.54 Å². The number of fused-ring (bicyclic) bond motifs is 1. The molecular formula is C14H16F3N3O. The minimum atomic E-state index is -4.28. The molecule has 0 aliphatic carbocycles. The van der Waals surface area contributed by atoms with Gasteiger partial charge in [-0.05, 0) is 18.1 Å². The van der Waals surface area contributed by atoms with E-state index in [1.807, 2.05) is 24.3 Å². The Morgan fingerprint density at radius 1 is 1.33 bits per heavy atom. The molecule has 21 heavy (non-hydrogen) atoms. The van der Waals surface area contributed by atoms with E-state index in [1.165, 1.54) is 0 Å². The lowest BCUT2D eigenvalue weighted by atomic mass is 10.1. The van der Waals surface area contributed by atoms with E-state index in [0.29, 0.717) is 0 Å². The van der Waals surface area contributed by atoms with E-state index >= 15 is 0 Å². The second kappa shape index (κ2) is 6.17. The molecule has 1 atom stereocenters. The Hall–Kier alpha value is -2.02. The minimum absolute atomic E-state index is 0.266. The normalized spacial score (nSPS) is 13.3. The summed E-state index contributed by atoms with van der Waals surface area (Å²) in [5.41, 5.74) is 7.53. The van der Waals surface area contributed by atoms with Crippen molar-refractivity contribution >= 4 is 16.8 Å². The molecule has 0 bridgehead atoms. The fourth-order valence-corrected chi connectivity index (χ4v) is 2.09. The standard InChI is InChI=1S/C14H16F3N3O/c15-14(16,17)5-6-19-13(21)11(18)7-9-8-20-12-4-2-1-3-10(9)12/h1-4,8,11,20H,5-7,18H2,(H,19,21)/t11-/m1/s1. The zero-order chi connectivity index (χ0) is 15.5. The molecule has 1 amide bonds. The molecule has 1 aromatic heterocycles. The first-order valence-corrected chi connectivity index (χ1v) is 6.52. The molecule has 0 saturated heterocycles. The van der Waals surface area contributed by atoms with Gasteiger partial charge in [0.2, 0.25) is 5.91 Å². The van der Waals surface area contributed by atoms with E-state index in [4.69, 9.17) is 5.73 Å². The molecule has 0 saturated carbocycles. The van der Waals surface area contributed by atoms with Gasteiger partial charge in [-0.25, -0.2) is 0 Å². The summed E-state index contributed by atoms with van der Waals surface area (Å²) in [6.45, 7) is -0.454. The number of H-pyrrole nitrogens is 1. The van der Waals surface area contributed by atoms with Crippen LogP contribution in [0.2, 0.25) is 0 Å². The predicted octanol–water partition coefficient (Wildman–Crippen LogP) is 2.11. The highest BCUT2D eigenvalue weighted by molar-refractivity contribution is 5.86. The fourth-order valence-electron chi connectivity index (χ4n) is 2.09. The van der Waals surface area contributed by atoms with Crippen LogP contribution >= 0.6 is 0 Å². The van der Waals surface area contributed by atoms with Gasteiger partial charge in [-0.3, -0.25) is 4.79 Å². The molecule has 0 unspecified atom stereocenters. The number of amides is 1. The summed E-state index contributed by atoms with van der Waals surface area (Å²) >= 11 is 0. The van der Waals surface area contributed by atoms with Crippen molar-refractivity contribution in [2.45, 2.75) is 25.1 Å². The number of hydrogen-bond acceptors (Lipinski definition) is 2. The van der Waals surface area contributed by atoms with Crippen LogP contribution in [0.5, 0.6) is 0 Å². The number of hydrogen-bond donors (Lipinski definition) is 3. The van der Waals surface area contributed by atoms with Crippen LogP contribution in [0.4, 0.5) is 13.2 Å². The van der Waals surface area contributed by atoms with Gasteiger partial charge in [-0.15, -0.1) is 0 Å². The van der Waals surface area contributed by atoms with Crippen molar-refractivity contribution in [1.82, 2.24) is 10.3 Å². The highest BCUT2D eigenvalue weighted by atomic mass is 19.4. The zero-order valence-electron chi connectivity index (χ0n) is 11.2. The first-order chi connectivity index (χ1) is 9.87. The highest BCUT2D eigenvalue weighted by Crippen LogP contribution is 2.19.